The normalized spacial score (nSPS) is 16.5. The minimum absolute atomic E-state index is 0.236. The van der Waals surface area contributed by atoms with Gasteiger partial charge in [-0.15, -0.1) is 0 Å². The first-order chi connectivity index (χ1) is 5.67. The third-order valence-electron chi connectivity index (χ3n) is 2.09. The van der Waals surface area contributed by atoms with Crippen LogP contribution in [0.1, 0.15) is 34.1 Å². The molecule has 0 radical (unpaired) electrons. The number of hydrazine groups is 1. The largest absolute Gasteiger partial charge is 0.377 e. The molecule has 74 valence electrons. The van der Waals surface area contributed by atoms with Crippen molar-refractivity contribution in [2.75, 3.05) is 6.61 Å². The van der Waals surface area contributed by atoms with Gasteiger partial charge in [-0.05, 0) is 19.3 Å². The maximum atomic E-state index is 5.56. The van der Waals surface area contributed by atoms with Crippen LogP contribution in [0, 0.1) is 5.92 Å². The number of nitrogens with one attached hydrogen (secondary N) is 1. The Bertz CT molecular complexity index is 107. The third kappa shape index (κ3) is 3.52. The zero-order chi connectivity index (χ0) is 9.56. The Morgan fingerprint density at radius 1 is 1.33 bits per heavy atom. The van der Waals surface area contributed by atoms with Crippen molar-refractivity contribution in [3.63, 3.8) is 0 Å². The molecule has 0 bridgehead atoms. The van der Waals surface area contributed by atoms with E-state index in [0.29, 0.717) is 5.92 Å². The first-order valence-electron chi connectivity index (χ1n) is 4.75. The highest BCUT2D eigenvalue weighted by molar-refractivity contribution is 4.76. The van der Waals surface area contributed by atoms with E-state index in [1.165, 1.54) is 0 Å². The maximum absolute atomic E-state index is 5.56. The topological polar surface area (TPSA) is 47.3 Å². The molecule has 2 unspecified atom stereocenters. The summed E-state index contributed by atoms with van der Waals surface area (Å²) in [4.78, 5) is 0. The van der Waals surface area contributed by atoms with Gasteiger partial charge in [0, 0.05) is 12.6 Å². The van der Waals surface area contributed by atoms with Crippen molar-refractivity contribution in [2.24, 2.45) is 11.8 Å². The molecule has 3 heteroatoms. The molecule has 0 aromatic rings. The minimum Gasteiger partial charge on any atom is -0.377 e. The predicted molar refractivity (Wildman–Crippen MR) is 51.7 cm³/mol. The standard InChI is InChI=1S/C9H22N2O/c1-5-8(12-6-2)9(11-10)7(3)4/h7-9,11H,5-6,10H2,1-4H3. The van der Waals surface area contributed by atoms with E-state index < -0.39 is 0 Å². The fourth-order valence-electron chi connectivity index (χ4n) is 1.42. The Balaban J connectivity index is 4.02. The van der Waals surface area contributed by atoms with Gasteiger partial charge in [-0.1, -0.05) is 20.8 Å². The first kappa shape index (κ1) is 11.9. The first-order valence-corrected chi connectivity index (χ1v) is 4.75. The SMILES string of the molecule is CCOC(CC)C(NN)C(C)C. The van der Waals surface area contributed by atoms with Crippen LogP contribution in [0.2, 0.25) is 0 Å². The maximum Gasteiger partial charge on any atom is 0.0741 e. The van der Waals surface area contributed by atoms with Crippen LogP contribution in [0.5, 0.6) is 0 Å². The Hall–Kier alpha value is -0.120. The summed E-state index contributed by atoms with van der Waals surface area (Å²) in [5.41, 5.74) is 2.81. The molecule has 2 atom stereocenters. The van der Waals surface area contributed by atoms with E-state index in [1.54, 1.807) is 0 Å². The molecule has 0 aliphatic rings. The van der Waals surface area contributed by atoms with Gasteiger partial charge in [0.05, 0.1) is 6.10 Å². The smallest absolute Gasteiger partial charge is 0.0741 e. The van der Waals surface area contributed by atoms with Crippen LogP contribution < -0.4 is 11.3 Å². The van der Waals surface area contributed by atoms with Gasteiger partial charge in [0.1, 0.15) is 0 Å². The Labute approximate surface area is 75.6 Å². The van der Waals surface area contributed by atoms with E-state index in [0.717, 1.165) is 13.0 Å². The second kappa shape index (κ2) is 6.40. The molecule has 0 spiro atoms. The molecule has 0 fully saturated rings. The Morgan fingerprint density at radius 3 is 2.17 bits per heavy atom. The molecular formula is C9H22N2O. The highest BCUT2D eigenvalue weighted by Crippen LogP contribution is 2.11. The second-order valence-corrected chi connectivity index (χ2v) is 3.34. The van der Waals surface area contributed by atoms with Crippen LogP contribution in [-0.4, -0.2) is 18.8 Å². The number of nitrogens with two attached hydrogens (primary N) is 1. The molecule has 3 nitrogen and oxygen atoms in total. The van der Waals surface area contributed by atoms with E-state index in [-0.39, 0.29) is 12.1 Å². The highest BCUT2D eigenvalue weighted by atomic mass is 16.5. The lowest BCUT2D eigenvalue weighted by molar-refractivity contribution is 0.0195. The van der Waals surface area contributed by atoms with Crippen molar-refractivity contribution in [2.45, 2.75) is 46.3 Å². The van der Waals surface area contributed by atoms with E-state index in [4.69, 9.17) is 10.6 Å². The van der Waals surface area contributed by atoms with E-state index in [2.05, 4.69) is 26.2 Å². The highest BCUT2D eigenvalue weighted by Gasteiger charge is 2.21. The summed E-state index contributed by atoms with van der Waals surface area (Å²) >= 11 is 0. The van der Waals surface area contributed by atoms with Crippen molar-refractivity contribution in [3.05, 3.63) is 0 Å². The van der Waals surface area contributed by atoms with E-state index in [9.17, 15) is 0 Å². The molecule has 0 aliphatic carbocycles. The summed E-state index contributed by atoms with van der Waals surface area (Å²) in [6, 6.07) is 0.259. The van der Waals surface area contributed by atoms with E-state index >= 15 is 0 Å². The zero-order valence-electron chi connectivity index (χ0n) is 8.63. The Morgan fingerprint density at radius 2 is 1.92 bits per heavy atom. The molecule has 0 rings (SSSR count). The molecule has 0 heterocycles. The molecule has 3 N–H and O–H groups in total. The van der Waals surface area contributed by atoms with Crippen LogP contribution in [0.4, 0.5) is 0 Å². The number of hydrogen-bond acceptors (Lipinski definition) is 3. The van der Waals surface area contributed by atoms with Crippen LogP contribution in [0.15, 0.2) is 0 Å². The van der Waals surface area contributed by atoms with Gasteiger partial charge in [0.15, 0.2) is 0 Å². The summed E-state index contributed by atoms with van der Waals surface area (Å²) in [5.74, 6) is 5.96. The number of ether oxygens (including phenoxy) is 1. The third-order valence-corrected chi connectivity index (χ3v) is 2.09. The number of hydrogen-bond donors (Lipinski definition) is 2. The minimum atomic E-state index is 0.236. The molecule has 0 amide bonds. The number of rotatable bonds is 6. The lowest BCUT2D eigenvalue weighted by atomic mass is 9.97. The average Bonchev–Trinajstić information content (AvgIpc) is 2.03. The van der Waals surface area contributed by atoms with Gasteiger partial charge in [0.25, 0.3) is 0 Å². The molecule has 0 aromatic carbocycles. The quantitative estimate of drug-likeness (QED) is 0.471. The molecule has 12 heavy (non-hydrogen) atoms. The summed E-state index contributed by atoms with van der Waals surface area (Å²) in [7, 11) is 0. The van der Waals surface area contributed by atoms with Gasteiger partial charge in [-0.2, -0.15) is 0 Å². The fraction of sp³-hybridized carbons (Fsp3) is 1.00. The van der Waals surface area contributed by atoms with Crippen LogP contribution in [-0.2, 0) is 4.74 Å². The zero-order valence-corrected chi connectivity index (χ0v) is 8.63. The van der Waals surface area contributed by atoms with Crippen molar-refractivity contribution < 1.29 is 4.74 Å². The summed E-state index contributed by atoms with van der Waals surface area (Å²) in [6.07, 6.45) is 1.24. The van der Waals surface area contributed by atoms with Crippen molar-refractivity contribution in [1.29, 1.82) is 0 Å². The fourth-order valence-corrected chi connectivity index (χ4v) is 1.42. The van der Waals surface area contributed by atoms with Crippen molar-refractivity contribution >= 4 is 0 Å². The van der Waals surface area contributed by atoms with Gasteiger partial charge in [-0.3, -0.25) is 11.3 Å². The lowest BCUT2D eigenvalue weighted by Crippen LogP contribution is -2.48. The molecule has 0 saturated carbocycles. The monoisotopic (exact) mass is 174 g/mol. The summed E-state index contributed by atoms with van der Waals surface area (Å²) < 4.78 is 5.56. The van der Waals surface area contributed by atoms with Crippen LogP contribution in [0.25, 0.3) is 0 Å². The van der Waals surface area contributed by atoms with Gasteiger partial charge < -0.3 is 4.74 Å². The van der Waals surface area contributed by atoms with Crippen molar-refractivity contribution in [3.8, 4) is 0 Å². The average molecular weight is 174 g/mol. The molecular weight excluding hydrogens is 152 g/mol. The van der Waals surface area contributed by atoms with Gasteiger partial charge >= 0.3 is 0 Å². The van der Waals surface area contributed by atoms with Gasteiger partial charge in [-0.25, -0.2) is 0 Å². The van der Waals surface area contributed by atoms with Crippen molar-refractivity contribution in [1.82, 2.24) is 5.43 Å². The molecule has 0 aromatic heterocycles. The Kier molecular flexibility index (Phi) is 6.34. The summed E-state index contributed by atoms with van der Waals surface area (Å²) in [5, 5.41) is 0. The summed E-state index contributed by atoms with van der Waals surface area (Å²) in [6.45, 7) is 9.17. The van der Waals surface area contributed by atoms with Crippen LogP contribution >= 0.6 is 0 Å². The molecule has 0 saturated heterocycles. The second-order valence-electron chi connectivity index (χ2n) is 3.34. The lowest BCUT2D eigenvalue weighted by Gasteiger charge is -2.28. The van der Waals surface area contributed by atoms with Gasteiger partial charge in [0.2, 0.25) is 0 Å². The van der Waals surface area contributed by atoms with Crippen LogP contribution in [0.3, 0.4) is 0 Å². The molecule has 0 aliphatic heterocycles. The van der Waals surface area contributed by atoms with E-state index in [1.807, 2.05) is 6.92 Å². The predicted octanol–water partition coefficient (Wildman–Crippen LogP) is 1.29.